The van der Waals surface area contributed by atoms with E-state index in [-0.39, 0.29) is 19.4 Å². The fraction of sp³-hybridized carbons (Fsp3) is 1.00. The van der Waals surface area contributed by atoms with Crippen LogP contribution in [0.25, 0.3) is 0 Å². The van der Waals surface area contributed by atoms with E-state index < -0.39 is 287 Å². The van der Waals surface area contributed by atoms with E-state index >= 15 is 0 Å². The number of aliphatic hydroxyl groups is 11. The van der Waals surface area contributed by atoms with Crippen molar-refractivity contribution in [3.8, 4) is 0 Å². The van der Waals surface area contributed by atoms with Crippen molar-refractivity contribution in [3.63, 3.8) is 0 Å². The second kappa shape index (κ2) is 31.1. The number of rotatable bonds is 24. The maximum absolute atomic E-state index is 11.7. The molecule has 520 valence electrons. The Morgan fingerprint density at radius 1 is 0.360 bits per heavy atom. The minimum Gasteiger partial charge on any atom is -0.394 e. The molecular formula is C44H78N4O38S3. The summed E-state index contributed by atoms with van der Waals surface area (Å²) in [6, 6.07) is -6.02. The lowest BCUT2D eigenvalue weighted by atomic mass is 9.96. The summed E-state index contributed by atoms with van der Waals surface area (Å²) in [7, 11) is -15.5. The predicted molar refractivity (Wildman–Crippen MR) is 274 cm³/mol. The molecule has 0 aromatic heterocycles. The summed E-state index contributed by atoms with van der Waals surface area (Å²) in [5, 5.41) is 118. The molecule has 0 aromatic carbocycles. The molecule has 0 saturated carbocycles. The summed E-state index contributed by atoms with van der Waals surface area (Å²) in [5.74, 6) is 0. The van der Waals surface area contributed by atoms with Crippen LogP contribution in [-0.4, -0.2) is 345 Å². The zero-order chi connectivity index (χ0) is 65.2. The second-order valence-corrected chi connectivity index (χ2v) is 25.3. The van der Waals surface area contributed by atoms with Crippen molar-refractivity contribution < 1.29 is 179 Å². The highest BCUT2D eigenvalue weighted by Gasteiger charge is 2.54. The summed E-state index contributed by atoms with van der Waals surface area (Å²) in [5.41, 5.74) is 24.7. The first-order valence-corrected chi connectivity index (χ1v) is 31.7. The molecule has 8 aliphatic rings. The van der Waals surface area contributed by atoms with E-state index in [1.54, 1.807) is 0 Å². The highest BCUT2D eigenvalue weighted by molar-refractivity contribution is 7.81. The van der Waals surface area contributed by atoms with E-state index in [0.717, 1.165) is 0 Å². The third kappa shape index (κ3) is 19.3. The number of hydrogen-bond donors (Lipinski definition) is 18. The van der Waals surface area contributed by atoms with Gasteiger partial charge in [-0.15, -0.1) is 0 Å². The third-order valence-electron chi connectivity index (χ3n) is 15.6. The average molecular weight is 1370 g/mol. The molecular weight excluding hydrogens is 1290 g/mol. The van der Waals surface area contributed by atoms with Crippen molar-refractivity contribution in [1.29, 1.82) is 0 Å². The summed E-state index contributed by atoms with van der Waals surface area (Å²) < 4.78 is 198. The van der Waals surface area contributed by atoms with Gasteiger partial charge in [0.1, 0.15) is 97.7 Å². The van der Waals surface area contributed by atoms with Crippen molar-refractivity contribution >= 4 is 31.2 Å². The maximum Gasteiger partial charge on any atom is 0.397 e. The van der Waals surface area contributed by atoms with Gasteiger partial charge in [-0.25, -0.2) is 12.5 Å². The molecule has 8 aliphatic heterocycles. The average Bonchev–Trinajstić information content (AvgIpc) is 2.84. The SMILES string of the molecule is NC1[C@@H](O[C@@H]2CO[C@@H](O[C@H]3C(COS(=O)(=O)O)O[C@H](O[C@@H]4CO[C@@H](O[C@@H]5C(CO)O[C@H](O)C(N)[C@H]5O)C[C@@H]4O)C(N)[C@H]3O)C[C@@H]2O)OC(COS(=O)(=O)O)[C@@H](O[C@H]2C[C@H](O)[C@H](O[C@@H]3OC(COS(=O)(=O)O)[C@H](O[C@H]4C[C@H](O)[C@H](O)CO4)[C@H](O)C3N)CO2)[C@@H]1O. The van der Waals surface area contributed by atoms with Gasteiger partial charge in [0.2, 0.25) is 0 Å². The summed E-state index contributed by atoms with van der Waals surface area (Å²) in [6.45, 7) is -5.79. The largest absolute Gasteiger partial charge is 0.397 e. The molecule has 8 fully saturated rings. The van der Waals surface area contributed by atoms with Gasteiger partial charge in [-0.05, 0) is 0 Å². The van der Waals surface area contributed by atoms with E-state index in [1.807, 2.05) is 0 Å². The van der Waals surface area contributed by atoms with Crippen LogP contribution in [0, 0.1) is 0 Å². The maximum atomic E-state index is 11.7. The molecule has 8 unspecified atom stereocenters. The van der Waals surface area contributed by atoms with Gasteiger partial charge in [0.25, 0.3) is 0 Å². The molecule has 8 heterocycles. The summed E-state index contributed by atoms with van der Waals surface area (Å²) in [6.07, 6.45) is -44.6. The van der Waals surface area contributed by atoms with Gasteiger partial charge >= 0.3 is 31.2 Å². The van der Waals surface area contributed by atoms with Crippen LogP contribution in [0.3, 0.4) is 0 Å². The van der Waals surface area contributed by atoms with Crippen LogP contribution < -0.4 is 22.9 Å². The zero-order valence-corrected chi connectivity index (χ0v) is 49.0. The first-order valence-electron chi connectivity index (χ1n) is 27.6. The number of hydrogen-bond acceptors (Lipinski definition) is 39. The smallest absolute Gasteiger partial charge is 0.394 e. The molecule has 89 heavy (non-hydrogen) atoms. The van der Waals surface area contributed by atoms with Crippen LogP contribution in [-0.2, 0) is 115 Å². The Morgan fingerprint density at radius 2 is 0.640 bits per heavy atom. The van der Waals surface area contributed by atoms with Crippen molar-refractivity contribution in [2.45, 2.75) is 222 Å². The lowest BCUT2D eigenvalue weighted by molar-refractivity contribution is -0.350. The molecule has 0 spiro atoms. The van der Waals surface area contributed by atoms with Crippen molar-refractivity contribution in [2.75, 3.05) is 52.9 Å². The lowest BCUT2D eigenvalue weighted by Gasteiger charge is -2.47. The van der Waals surface area contributed by atoms with Crippen LogP contribution in [0.4, 0.5) is 0 Å². The van der Waals surface area contributed by atoms with Gasteiger partial charge in [0.15, 0.2) is 50.3 Å². The van der Waals surface area contributed by atoms with Crippen LogP contribution in [0.2, 0.25) is 0 Å². The first-order chi connectivity index (χ1) is 41.7. The fourth-order valence-corrected chi connectivity index (χ4v) is 11.7. The van der Waals surface area contributed by atoms with Crippen LogP contribution in [0.15, 0.2) is 0 Å². The fourth-order valence-electron chi connectivity index (χ4n) is 10.7. The van der Waals surface area contributed by atoms with E-state index in [4.69, 9.17) is 94.0 Å². The topological polar surface area (TPSA) is 656 Å². The van der Waals surface area contributed by atoms with Crippen molar-refractivity contribution in [3.05, 3.63) is 0 Å². The molecule has 8 rings (SSSR count). The molecule has 42 nitrogen and oxygen atoms in total. The Bertz CT molecular complexity index is 2580. The summed E-state index contributed by atoms with van der Waals surface area (Å²) >= 11 is 0. The molecule has 0 aliphatic carbocycles. The van der Waals surface area contributed by atoms with Gasteiger partial charge in [0, 0.05) is 25.7 Å². The molecule has 0 radical (unpaired) electrons. The van der Waals surface area contributed by atoms with Gasteiger partial charge < -0.3 is 150 Å². The highest BCUT2D eigenvalue weighted by Crippen LogP contribution is 2.36. The third-order valence-corrected chi connectivity index (χ3v) is 16.9. The number of aliphatic hydroxyl groups excluding tert-OH is 11. The Morgan fingerprint density at radius 3 is 0.921 bits per heavy atom. The lowest BCUT2D eigenvalue weighted by Crippen LogP contribution is -2.66. The molecule has 45 heteroatoms. The van der Waals surface area contributed by atoms with Crippen molar-refractivity contribution in [2.24, 2.45) is 22.9 Å². The van der Waals surface area contributed by atoms with E-state index in [0.29, 0.717) is 0 Å². The summed E-state index contributed by atoms with van der Waals surface area (Å²) in [4.78, 5) is 0. The number of ether oxygens (including phenoxy) is 15. The monoisotopic (exact) mass is 1370 g/mol. The zero-order valence-electron chi connectivity index (χ0n) is 46.6. The first kappa shape index (κ1) is 73.2. The number of nitrogens with two attached hydrogens (primary N) is 4. The Labute approximate surface area is 506 Å². The van der Waals surface area contributed by atoms with Gasteiger partial charge in [0.05, 0.1) is 101 Å². The van der Waals surface area contributed by atoms with Gasteiger partial charge in [-0.2, -0.15) is 25.3 Å². The molecule has 22 N–H and O–H groups in total. The minimum absolute atomic E-state index is 0.296. The minimum atomic E-state index is -5.21. The quantitative estimate of drug-likeness (QED) is 0.0399. The van der Waals surface area contributed by atoms with Crippen LogP contribution >= 0.6 is 0 Å². The molecule has 0 bridgehead atoms. The van der Waals surface area contributed by atoms with E-state index in [2.05, 4.69) is 12.5 Å². The van der Waals surface area contributed by atoms with Gasteiger partial charge in [-0.3, -0.25) is 13.7 Å². The van der Waals surface area contributed by atoms with Crippen LogP contribution in [0.5, 0.6) is 0 Å². The van der Waals surface area contributed by atoms with Crippen LogP contribution in [0.1, 0.15) is 25.7 Å². The Hall–Kier alpha value is -1.59. The standard InChI is InChI=1S/C44H78N4O38S3/c45-29-33(55)37(18(5-49)76-41(29)59)83-26-2-14(51)19(7-70-26)77-43-31(47)35(57)39(23(81-43)11-74-88(63,64)65)85-28-4-16(53)21(9-72-28)79-44-32(48)36(58)40(24(82-44)12-75-89(66,67)68)86-27-3-15(52)20(8-71-27)78-42-30(46)34(56)38(22(80-42)10-73-87(60,61)62)84-25-1-13(50)17(54)6-69-25/h13-44,49-59H,1-12,45-48H2,(H,60,61,62)(H,63,64,65)(H,66,67,68)/t13-,14-,15-,16-,17+,18?,19+,20+,21+,22?,23?,24?,25-,26-,27-,28-,29?,30?,31?,32?,33+,34+,35+,36+,37+,38-,39-,40+,41-,42+,43-,44-/m0/s1. The predicted octanol–water partition coefficient (Wildman–Crippen LogP) is -12.4. The molecule has 0 amide bonds. The van der Waals surface area contributed by atoms with E-state index in [1.165, 1.54) is 0 Å². The molecule has 0 aromatic rings. The van der Waals surface area contributed by atoms with Crippen molar-refractivity contribution in [1.82, 2.24) is 0 Å². The second-order valence-electron chi connectivity index (χ2n) is 22.0. The normalized spacial score (nSPS) is 47.4. The van der Waals surface area contributed by atoms with E-state index in [9.17, 15) is 95.1 Å². The van der Waals surface area contributed by atoms with Gasteiger partial charge in [-0.1, -0.05) is 0 Å². The molecule has 32 atom stereocenters. The Kier molecular flexibility index (Phi) is 25.6. The highest BCUT2D eigenvalue weighted by atomic mass is 32.3. The Balaban J connectivity index is 0.842. The molecule has 8 saturated heterocycles.